The molecule has 0 amide bonds. The second kappa shape index (κ2) is 6.48. The average Bonchev–Trinajstić information content (AvgIpc) is 2.40. The molecule has 2 heteroatoms. The Bertz CT molecular complexity index is 534. The molecule has 100 valence electrons. The van der Waals surface area contributed by atoms with Crippen molar-refractivity contribution in [1.29, 1.82) is 0 Å². The van der Waals surface area contributed by atoms with Gasteiger partial charge in [-0.25, -0.2) is 0 Å². The molecule has 0 fully saturated rings. The van der Waals surface area contributed by atoms with Gasteiger partial charge in [-0.15, -0.1) is 0 Å². The minimum absolute atomic E-state index is 0.986. The molecule has 0 aliphatic rings. The Morgan fingerprint density at radius 3 is 2.53 bits per heavy atom. The Balaban J connectivity index is 1.90. The van der Waals surface area contributed by atoms with Crippen LogP contribution in [0.2, 0.25) is 0 Å². The van der Waals surface area contributed by atoms with Crippen molar-refractivity contribution in [3.05, 3.63) is 65.0 Å². The molecule has 19 heavy (non-hydrogen) atoms. The zero-order valence-corrected chi connectivity index (χ0v) is 12.1. The van der Waals surface area contributed by atoms with Gasteiger partial charge >= 0.3 is 0 Å². The fourth-order valence-electron chi connectivity index (χ4n) is 2.25. The summed E-state index contributed by atoms with van der Waals surface area (Å²) in [4.78, 5) is 6.51. The van der Waals surface area contributed by atoms with E-state index in [9.17, 15) is 0 Å². The van der Waals surface area contributed by atoms with Crippen LogP contribution >= 0.6 is 0 Å². The van der Waals surface area contributed by atoms with Crippen molar-refractivity contribution in [3.63, 3.8) is 0 Å². The van der Waals surface area contributed by atoms with Crippen molar-refractivity contribution in [3.8, 4) is 0 Å². The Morgan fingerprint density at radius 1 is 1.00 bits per heavy atom. The van der Waals surface area contributed by atoms with E-state index in [1.54, 1.807) is 0 Å². The van der Waals surface area contributed by atoms with Crippen molar-refractivity contribution in [2.24, 2.45) is 0 Å². The van der Waals surface area contributed by atoms with E-state index in [2.05, 4.69) is 61.1 Å². The van der Waals surface area contributed by atoms with Gasteiger partial charge in [-0.05, 0) is 55.6 Å². The van der Waals surface area contributed by atoms with E-state index in [1.807, 2.05) is 12.4 Å². The second-order valence-electron chi connectivity index (χ2n) is 5.22. The van der Waals surface area contributed by atoms with Gasteiger partial charge in [0.05, 0.1) is 0 Å². The van der Waals surface area contributed by atoms with E-state index >= 15 is 0 Å². The highest BCUT2D eigenvalue weighted by Gasteiger charge is 2.04. The van der Waals surface area contributed by atoms with Gasteiger partial charge in [0.2, 0.25) is 0 Å². The number of hydrogen-bond donors (Lipinski definition) is 0. The molecule has 2 rings (SSSR count). The summed E-state index contributed by atoms with van der Waals surface area (Å²) in [6.45, 7) is 6.37. The van der Waals surface area contributed by atoms with Crippen LogP contribution in [0.5, 0.6) is 0 Å². The zero-order chi connectivity index (χ0) is 13.7. The number of aromatic nitrogens is 1. The molecular formula is C17H22N2. The fourth-order valence-corrected chi connectivity index (χ4v) is 2.25. The highest BCUT2D eigenvalue weighted by molar-refractivity contribution is 5.26. The van der Waals surface area contributed by atoms with Crippen molar-refractivity contribution in [1.82, 2.24) is 9.88 Å². The number of rotatable bonds is 5. The Hall–Kier alpha value is -1.67. The van der Waals surface area contributed by atoms with E-state index in [-0.39, 0.29) is 0 Å². The molecule has 0 radical (unpaired) electrons. The normalized spacial score (nSPS) is 10.9. The summed E-state index contributed by atoms with van der Waals surface area (Å²) < 4.78 is 0. The van der Waals surface area contributed by atoms with E-state index in [4.69, 9.17) is 0 Å². The maximum atomic E-state index is 4.14. The lowest BCUT2D eigenvalue weighted by molar-refractivity contribution is 0.330. The average molecular weight is 254 g/mol. The van der Waals surface area contributed by atoms with E-state index in [0.717, 1.165) is 19.5 Å². The molecule has 0 unspecified atom stereocenters. The van der Waals surface area contributed by atoms with E-state index in [1.165, 1.54) is 22.3 Å². The topological polar surface area (TPSA) is 16.1 Å². The molecule has 0 bridgehead atoms. The first kappa shape index (κ1) is 13.8. The van der Waals surface area contributed by atoms with Crippen LogP contribution in [0.25, 0.3) is 0 Å². The van der Waals surface area contributed by atoms with Gasteiger partial charge in [0.1, 0.15) is 0 Å². The first-order chi connectivity index (χ1) is 9.16. The molecule has 0 saturated heterocycles. The van der Waals surface area contributed by atoms with Gasteiger partial charge < -0.3 is 4.90 Å². The minimum atomic E-state index is 0.986. The third kappa shape index (κ3) is 3.90. The molecule has 0 spiro atoms. The lowest BCUT2D eigenvalue weighted by Gasteiger charge is -2.18. The van der Waals surface area contributed by atoms with Crippen molar-refractivity contribution < 1.29 is 0 Å². The molecule has 0 saturated carbocycles. The summed E-state index contributed by atoms with van der Waals surface area (Å²) in [5.74, 6) is 0. The standard InChI is InChI=1S/C17H22N2/c1-14-6-4-5-7-16(14)9-11-19(3)13-17-8-10-18-12-15(17)2/h4-8,10,12H,9,11,13H2,1-3H3. The highest BCUT2D eigenvalue weighted by Crippen LogP contribution is 2.11. The molecule has 0 aliphatic heterocycles. The monoisotopic (exact) mass is 254 g/mol. The van der Waals surface area contributed by atoms with Crippen LogP contribution < -0.4 is 0 Å². The first-order valence-electron chi connectivity index (χ1n) is 6.79. The van der Waals surface area contributed by atoms with Crippen LogP contribution in [-0.4, -0.2) is 23.5 Å². The summed E-state index contributed by atoms with van der Waals surface area (Å²) in [7, 11) is 2.18. The third-order valence-corrected chi connectivity index (χ3v) is 3.60. The molecule has 1 aromatic heterocycles. The molecule has 0 aliphatic carbocycles. The Kier molecular flexibility index (Phi) is 4.69. The van der Waals surface area contributed by atoms with Gasteiger partial charge in [-0.1, -0.05) is 24.3 Å². The number of nitrogens with zero attached hydrogens (tertiary/aromatic N) is 2. The number of hydrogen-bond acceptors (Lipinski definition) is 2. The van der Waals surface area contributed by atoms with Gasteiger partial charge in [0.25, 0.3) is 0 Å². The maximum absolute atomic E-state index is 4.14. The first-order valence-corrected chi connectivity index (χ1v) is 6.79. The summed E-state index contributed by atoms with van der Waals surface area (Å²) in [5, 5.41) is 0. The van der Waals surface area contributed by atoms with Crippen LogP contribution in [0.1, 0.15) is 22.3 Å². The number of likely N-dealkylation sites (N-methyl/N-ethyl adjacent to an activating group) is 1. The van der Waals surface area contributed by atoms with Crippen LogP contribution in [0, 0.1) is 13.8 Å². The van der Waals surface area contributed by atoms with Crippen LogP contribution in [0.3, 0.4) is 0 Å². The summed E-state index contributed by atoms with van der Waals surface area (Å²) >= 11 is 0. The lowest BCUT2D eigenvalue weighted by Crippen LogP contribution is -2.21. The van der Waals surface area contributed by atoms with E-state index < -0.39 is 0 Å². The molecule has 1 heterocycles. The number of pyridine rings is 1. The van der Waals surface area contributed by atoms with Gasteiger partial charge in [0.15, 0.2) is 0 Å². The molecule has 0 N–H and O–H groups in total. The smallest absolute Gasteiger partial charge is 0.0300 e. The summed E-state index contributed by atoms with van der Waals surface area (Å²) in [6, 6.07) is 10.7. The van der Waals surface area contributed by atoms with E-state index in [0.29, 0.717) is 0 Å². The number of aryl methyl sites for hydroxylation is 2. The molecule has 2 nitrogen and oxygen atoms in total. The highest BCUT2D eigenvalue weighted by atomic mass is 15.1. The van der Waals surface area contributed by atoms with Crippen molar-refractivity contribution >= 4 is 0 Å². The molecule has 0 atom stereocenters. The predicted octanol–water partition coefficient (Wildman–Crippen LogP) is 3.37. The molecule has 2 aromatic rings. The SMILES string of the molecule is Cc1ccccc1CCN(C)Cc1ccncc1C. The van der Waals surface area contributed by atoms with Gasteiger partial charge in [-0.2, -0.15) is 0 Å². The maximum Gasteiger partial charge on any atom is 0.0300 e. The predicted molar refractivity (Wildman–Crippen MR) is 80.2 cm³/mol. The van der Waals surface area contributed by atoms with Gasteiger partial charge in [0, 0.05) is 25.5 Å². The van der Waals surface area contributed by atoms with Crippen LogP contribution in [0.4, 0.5) is 0 Å². The molecular weight excluding hydrogens is 232 g/mol. The Morgan fingerprint density at radius 2 is 1.79 bits per heavy atom. The zero-order valence-electron chi connectivity index (χ0n) is 12.1. The van der Waals surface area contributed by atoms with Crippen molar-refractivity contribution in [2.75, 3.05) is 13.6 Å². The fraction of sp³-hybridized carbons (Fsp3) is 0.353. The molecule has 1 aromatic carbocycles. The third-order valence-electron chi connectivity index (χ3n) is 3.60. The second-order valence-corrected chi connectivity index (χ2v) is 5.22. The van der Waals surface area contributed by atoms with Crippen molar-refractivity contribution in [2.45, 2.75) is 26.8 Å². The van der Waals surface area contributed by atoms with Gasteiger partial charge in [-0.3, -0.25) is 4.98 Å². The quantitative estimate of drug-likeness (QED) is 0.813. The largest absolute Gasteiger partial charge is 0.302 e. The van der Waals surface area contributed by atoms with Crippen LogP contribution in [0.15, 0.2) is 42.7 Å². The summed E-state index contributed by atoms with van der Waals surface area (Å²) in [5.41, 5.74) is 5.46. The number of benzene rings is 1. The minimum Gasteiger partial charge on any atom is -0.302 e. The lowest BCUT2D eigenvalue weighted by atomic mass is 10.1. The van der Waals surface area contributed by atoms with Crippen LogP contribution in [-0.2, 0) is 13.0 Å². The summed E-state index contributed by atoms with van der Waals surface area (Å²) in [6.07, 6.45) is 4.91. The Labute approximate surface area is 116 Å².